The molecular formula is C17H33Cl2N3O. The van der Waals surface area contributed by atoms with Gasteiger partial charge in [0.1, 0.15) is 0 Å². The molecule has 3 aliphatic heterocycles. The Bertz CT molecular complexity index is 363. The zero-order valence-corrected chi connectivity index (χ0v) is 16.1. The van der Waals surface area contributed by atoms with Crippen LogP contribution in [0.3, 0.4) is 0 Å². The van der Waals surface area contributed by atoms with Gasteiger partial charge in [-0.2, -0.15) is 0 Å². The van der Waals surface area contributed by atoms with Gasteiger partial charge in [-0.05, 0) is 58.5 Å². The third-order valence-electron chi connectivity index (χ3n) is 5.89. The summed E-state index contributed by atoms with van der Waals surface area (Å²) in [5.41, 5.74) is 0. The molecule has 3 rings (SSSR count). The van der Waals surface area contributed by atoms with Crippen molar-refractivity contribution in [3.63, 3.8) is 0 Å². The van der Waals surface area contributed by atoms with Crippen LogP contribution in [0, 0.1) is 0 Å². The van der Waals surface area contributed by atoms with Crippen molar-refractivity contribution in [3.05, 3.63) is 0 Å². The quantitative estimate of drug-likeness (QED) is 0.834. The topological polar surface area (TPSA) is 35.6 Å². The van der Waals surface area contributed by atoms with E-state index in [0.29, 0.717) is 24.0 Å². The maximum absolute atomic E-state index is 12.9. The van der Waals surface area contributed by atoms with E-state index in [2.05, 4.69) is 22.0 Å². The number of nitrogens with zero attached hydrogens (tertiary/aromatic N) is 2. The minimum Gasteiger partial charge on any atom is -0.341 e. The van der Waals surface area contributed by atoms with Crippen molar-refractivity contribution >= 4 is 30.7 Å². The number of likely N-dealkylation sites (tertiary alicyclic amines) is 1. The Kier molecular flexibility index (Phi) is 8.64. The number of rotatable bonds is 3. The summed E-state index contributed by atoms with van der Waals surface area (Å²) in [6, 6.07) is 1.81. The molecule has 0 aromatic heterocycles. The van der Waals surface area contributed by atoms with Crippen LogP contribution in [0.4, 0.5) is 0 Å². The van der Waals surface area contributed by atoms with Crippen molar-refractivity contribution in [2.75, 3.05) is 20.1 Å². The van der Waals surface area contributed by atoms with Gasteiger partial charge in [0.15, 0.2) is 0 Å². The zero-order valence-electron chi connectivity index (χ0n) is 14.5. The summed E-state index contributed by atoms with van der Waals surface area (Å²) in [4.78, 5) is 17.3. The number of fused-ring (bicyclic) bond motifs is 2. The molecule has 23 heavy (non-hydrogen) atoms. The van der Waals surface area contributed by atoms with Crippen LogP contribution in [0.1, 0.15) is 58.3 Å². The van der Waals surface area contributed by atoms with Crippen molar-refractivity contribution in [1.29, 1.82) is 0 Å². The van der Waals surface area contributed by atoms with Crippen molar-refractivity contribution < 1.29 is 4.79 Å². The largest absolute Gasteiger partial charge is 0.341 e. The molecule has 1 N–H and O–H groups in total. The number of likely N-dealkylation sites (N-methyl/N-ethyl adjacent to an activating group) is 1. The van der Waals surface area contributed by atoms with Gasteiger partial charge in [-0.1, -0.05) is 12.8 Å². The van der Waals surface area contributed by atoms with Crippen LogP contribution in [0.25, 0.3) is 0 Å². The minimum absolute atomic E-state index is 0. The number of amides is 1. The fraction of sp³-hybridized carbons (Fsp3) is 0.941. The van der Waals surface area contributed by atoms with Crippen LogP contribution in [0.5, 0.6) is 0 Å². The number of nitrogens with one attached hydrogen (secondary N) is 1. The smallest absolute Gasteiger partial charge is 0.239 e. The number of carbonyl (C=O) groups excluding carboxylic acids is 1. The van der Waals surface area contributed by atoms with E-state index >= 15 is 0 Å². The first-order chi connectivity index (χ1) is 10.1. The lowest BCUT2D eigenvalue weighted by molar-refractivity contribution is -0.138. The predicted octanol–water partition coefficient (Wildman–Crippen LogP) is 2.84. The van der Waals surface area contributed by atoms with Crippen LogP contribution in [0.15, 0.2) is 0 Å². The van der Waals surface area contributed by atoms with Gasteiger partial charge in [0.25, 0.3) is 0 Å². The summed E-state index contributed by atoms with van der Waals surface area (Å²) in [6.45, 7) is 4.30. The molecule has 3 aliphatic rings. The molecule has 0 aromatic carbocycles. The van der Waals surface area contributed by atoms with Gasteiger partial charge in [-0.15, -0.1) is 24.8 Å². The number of hydrogen-bond acceptors (Lipinski definition) is 3. The molecule has 0 aliphatic carbocycles. The third-order valence-corrected chi connectivity index (χ3v) is 5.89. The Morgan fingerprint density at radius 2 is 1.57 bits per heavy atom. The summed E-state index contributed by atoms with van der Waals surface area (Å²) in [5, 5.41) is 3.67. The number of piperidine rings is 1. The summed E-state index contributed by atoms with van der Waals surface area (Å²) < 4.78 is 0. The van der Waals surface area contributed by atoms with E-state index in [0.717, 1.165) is 25.9 Å². The maximum Gasteiger partial charge on any atom is 0.239 e. The van der Waals surface area contributed by atoms with Gasteiger partial charge in [0.2, 0.25) is 5.91 Å². The molecule has 3 fully saturated rings. The van der Waals surface area contributed by atoms with Crippen molar-refractivity contribution in [1.82, 2.24) is 15.1 Å². The normalized spacial score (nSPS) is 32.2. The lowest BCUT2D eigenvalue weighted by Crippen LogP contribution is -2.53. The Labute approximate surface area is 153 Å². The number of halogens is 2. The van der Waals surface area contributed by atoms with Gasteiger partial charge in [-0.25, -0.2) is 0 Å². The van der Waals surface area contributed by atoms with Crippen molar-refractivity contribution in [3.8, 4) is 0 Å². The number of carbonyl (C=O) groups is 1. The second-order valence-corrected chi connectivity index (χ2v) is 7.34. The van der Waals surface area contributed by atoms with Crippen LogP contribution in [-0.2, 0) is 4.79 Å². The van der Waals surface area contributed by atoms with Gasteiger partial charge in [0, 0.05) is 25.2 Å². The summed E-state index contributed by atoms with van der Waals surface area (Å²) in [6.07, 6.45) is 10.0. The molecule has 2 bridgehead atoms. The minimum atomic E-state index is 0. The Balaban J connectivity index is 0.00000132. The van der Waals surface area contributed by atoms with Gasteiger partial charge < -0.3 is 10.2 Å². The first-order valence-corrected chi connectivity index (χ1v) is 8.92. The summed E-state index contributed by atoms with van der Waals surface area (Å²) >= 11 is 0. The Morgan fingerprint density at radius 1 is 1.04 bits per heavy atom. The average molecular weight is 366 g/mol. The van der Waals surface area contributed by atoms with Crippen LogP contribution in [0.2, 0.25) is 0 Å². The highest BCUT2D eigenvalue weighted by molar-refractivity contribution is 5.85. The first kappa shape index (κ1) is 21.0. The van der Waals surface area contributed by atoms with Gasteiger partial charge >= 0.3 is 0 Å². The van der Waals surface area contributed by atoms with E-state index in [1.54, 1.807) is 0 Å². The molecule has 136 valence electrons. The van der Waals surface area contributed by atoms with Crippen LogP contribution in [-0.4, -0.2) is 60.0 Å². The highest BCUT2D eigenvalue weighted by Gasteiger charge is 2.37. The second-order valence-electron chi connectivity index (χ2n) is 7.34. The average Bonchev–Trinajstić information content (AvgIpc) is 2.73. The highest BCUT2D eigenvalue weighted by Crippen LogP contribution is 2.29. The van der Waals surface area contributed by atoms with Gasteiger partial charge in [0.05, 0.1) is 6.04 Å². The van der Waals surface area contributed by atoms with E-state index in [-0.39, 0.29) is 30.9 Å². The molecule has 0 spiro atoms. The summed E-state index contributed by atoms with van der Waals surface area (Å²) in [7, 11) is 2.03. The van der Waals surface area contributed by atoms with E-state index in [9.17, 15) is 4.79 Å². The van der Waals surface area contributed by atoms with Gasteiger partial charge in [-0.3, -0.25) is 9.69 Å². The van der Waals surface area contributed by atoms with Crippen molar-refractivity contribution in [2.45, 2.75) is 82.5 Å². The van der Waals surface area contributed by atoms with E-state index in [1.807, 2.05) is 7.05 Å². The second kappa shape index (κ2) is 9.45. The SMILES string of the molecule is CC(C(=O)N(C)C1CC2CCC(C1)N2)N1CCCCCC1.Cl.Cl. The van der Waals surface area contributed by atoms with E-state index < -0.39 is 0 Å². The molecule has 0 saturated carbocycles. The lowest BCUT2D eigenvalue weighted by Gasteiger charge is -2.38. The molecule has 3 heterocycles. The molecule has 0 aromatic rings. The fourth-order valence-corrected chi connectivity index (χ4v) is 4.46. The van der Waals surface area contributed by atoms with Crippen LogP contribution >= 0.6 is 24.8 Å². The molecule has 0 radical (unpaired) electrons. The van der Waals surface area contributed by atoms with Crippen LogP contribution < -0.4 is 5.32 Å². The molecule has 3 atom stereocenters. The molecule has 6 heteroatoms. The van der Waals surface area contributed by atoms with Crippen molar-refractivity contribution in [2.24, 2.45) is 0 Å². The number of hydrogen-bond donors (Lipinski definition) is 1. The summed E-state index contributed by atoms with van der Waals surface area (Å²) in [5.74, 6) is 0.336. The molecule has 3 unspecified atom stereocenters. The zero-order chi connectivity index (χ0) is 14.8. The monoisotopic (exact) mass is 365 g/mol. The standard InChI is InChI=1S/C17H31N3O.2ClH/c1-13(20-9-5-3-4-6-10-20)17(21)19(2)16-11-14-7-8-15(12-16)18-14;;/h13-16,18H,3-12H2,1-2H3;2*1H. The Morgan fingerprint density at radius 3 is 2.09 bits per heavy atom. The lowest BCUT2D eigenvalue weighted by atomic mass is 9.98. The highest BCUT2D eigenvalue weighted by atomic mass is 35.5. The van der Waals surface area contributed by atoms with E-state index in [1.165, 1.54) is 38.5 Å². The first-order valence-electron chi connectivity index (χ1n) is 8.92. The molecular weight excluding hydrogens is 333 g/mol. The third kappa shape index (κ3) is 4.97. The molecule has 3 saturated heterocycles. The Hall–Kier alpha value is -0.0300. The maximum atomic E-state index is 12.9. The fourth-order valence-electron chi connectivity index (χ4n) is 4.46. The molecule has 1 amide bonds. The predicted molar refractivity (Wildman–Crippen MR) is 99.7 cm³/mol. The van der Waals surface area contributed by atoms with E-state index in [4.69, 9.17) is 0 Å². The molecule has 4 nitrogen and oxygen atoms in total.